The number of hydrogen-bond donors (Lipinski definition) is 1. The van der Waals surface area contributed by atoms with Gasteiger partial charge in [0.05, 0.1) is 23.7 Å². The van der Waals surface area contributed by atoms with Crippen LogP contribution < -0.4 is 4.72 Å². The maximum absolute atomic E-state index is 12.2. The fourth-order valence-electron chi connectivity index (χ4n) is 1.63. The Morgan fingerprint density at radius 2 is 2.00 bits per heavy atom. The molecule has 0 aromatic heterocycles. The quantitative estimate of drug-likeness (QED) is 0.765. The third-order valence-corrected chi connectivity index (χ3v) is 4.08. The Kier molecular flexibility index (Phi) is 6.12. The minimum absolute atomic E-state index is 0.00608. The van der Waals surface area contributed by atoms with Crippen LogP contribution in [0.25, 0.3) is 0 Å². The molecule has 0 aliphatic heterocycles. The molecule has 0 heterocycles. The van der Waals surface area contributed by atoms with Crippen molar-refractivity contribution < 1.29 is 22.7 Å². The molecule has 0 bridgehead atoms. The zero-order chi connectivity index (χ0) is 15.2. The van der Waals surface area contributed by atoms with Crippen molar-refractivity contribution in [2.45, 2.75) is 24.8 Å². The van der Waals surface area contributed by atoms with E-state index in [1.165, 1.54) is 19.2 Å². The van der Waals surface area contributed by atoms with Gasteiger partial charge < -0.3 is 9.47 Å². The highest BCUT2D eigenvalue weighted by Gasteiger charge is 2.22. The lowest BCUT2D eigenvalue weighted by molar-refractivity contribution is 0.0596. The predicted octanol–water partition coefficient (Wildman–Crippen LogP) is 1.18. The Labute approximate surface area is 119 Å². The summed E-state index contributed by atoms with van der Waals surface area (Å²) in [5, 5.41) is 0. The van der Waals surface area contributed by atoms with E-state index < -0.39 is 16.0 Å². The molecule has 1 rings (SSSR count). The van der Waals surface area contributed by atoms with Gasteiger partial charge in [0.15, 0.2) is 0 Å². The first-order valence-corrected chi connectivity index (χ1v) is 7.69. The highest BCUT2D eigenvalue weighted by atomic mass is 32.2. The van der Waals surface area contributed by atoms with Gasteiger partial charge in [-0.25, -0.2) is 17.9 Å². The van der Waals surface area contributed by atoms with Crippen molar-refractivity contribution in [2.75, 3.05) is 20.3 Å². The summed E-state index contributed by atoms with van der Waals surface area (Å²) >= 11 is 0. The van der Waals surface area contributed by atoms with E-state index in [9.17, 15) is 13.2 Å². The van der Waals surface area contributed by atoms with Crippen molar-refractivity contribution >= 4 is 16.0 Å². The van der Waals surface area contributed by atoms with Crippen LogP contribution >= 0.6 is 0 Å². The number of ether oxygens (including phenoxy) is 2. The Hall–Kier alpha value is -1.44. The summed E-state index contributed by atoms with van der Waals surface area (Å²) in [5.41, 5.74) is 0.00608. The lowest BCUT2D eigenvalue weighted by atomic mass is 10.2. The van der Waals surface area contributed by atoms with Gasteiger partial charge in [0.1, 0.15) is 0 Å². The van der Waals surface area contributed by atoms with Gasteiger partial charge in [0.25, 0.3) is 0 Å². The number of rotatable bonds is 7. The van der Waals surface area contributed by atoms with Crippen LogP contribution in [-0.2, 0) is 19.5 Å². The first-order valence-electron chi connectivity index (χ1n) is 6.21. The van der Waals surface area contributed by atoms with Gasteiger partial charge in [-0.3, -0.25) is 0 Å². The molecular formula is C13H19NO5S. The van der Waals surface area contributed by atoms with Crippen LogP contribution in [0.4, 0.5) is 0 Å². The molecule has 7 heteroatoms. The van der Waals surface area contributed by atoms with Crippen LogP contribution in [0.3, 0.4) is 0 Å². The van der Waals surface area contributed by atoms with Crippen LogP contribution in [0.5, 0.6) is 0 Å². The van der Waals surface area contributed by atoms with Gasteiger partial charge in [-0.1, -0.05) is 12.1 Å². The zero-order valence-corrected chi connectivity index (χ0v) is 12.6. The van der Waals surface area contributed by atoms with Crippen LogP contribution in [-0.4, -0.2) is 40.8 Å². The van der Waals surface area contributed by atoms with E-state index in [0.717, 1.165) is 0 Å². The maximum atomic E-state index is 12.2. The highest BCUT2D eigenvalue weighted by molar-refractivity contribution is 7.89. The Morgan fingerprint density at radius 3 is 2.60 bits per heavy atom. The third-order valence-electron chi connectivity index (χ3n) is 2.59. The van der Waals surface area contributed by atoms with E-state index >= 15 is 0 Å². The van der Waals surface area contributed by atoms with E-state index in [1.54, 1.807) is 19.1 Å². The highest BCUT2D eigenvalue weighted by Crippen LogP contribution is 2.16. The van der Waals surface area contributed by atoms with E-state index in [4.69, 9.17) is 4.74 Å². The van der Waals surface area contributed by atoms with Crippen molar-refractivity contribution in [3.8, 4) is 0 Å². The van der Waals surface area contributed by atoms with E-state index in [-0.39, 0.29) is 23.1 Å². The standard InChI is InChI=1S/C13H19NO5S/c1-4-19-10(2)9-14-20(16,17)12-8-6-5-7-11(12)13(15)18-3/h5-8,10,14H,4,9H2,1-3H3. The van der Waals surface area contributed by atoms with Gasteiger partial charge in [-0.15, -0.1) is 0 Å². The second-order valence-corrected chi connectivity index (χ2v) is 5.84. The minimum atomic E-state index is -3.79. The van der Waals surface area contributed by atoms with Crippen molar-refractivity contribution in [1.82, 2.24) is 4.72 Å². The molecule has 0 aliphatic rings. The van der Waals surface area contributed by atoms with E-state index in [2.05, 4.69) is 9.46 Å². The topological polar surface area (TPSA) is 81.7 Å². The van der Waals surface area contributed by atoms with Gasteiger partial charge in [0, 0.05) is 13.2 Å². The maximum Gasteiger partial charge on any atom is 0.339 e. The molecule has 20 heavy (non-hydrogen) atoms. The first-order chi connectivity index (χ1) is 9.42. The summed E-state index contributed by atoms with van der Waals surface area (Å²) in [4.78, 5) is 11.5. The fraction of sp³-hybridized carbons (Fsp3) is 0.462. The number of sulfonamides is 1. The SMILES string of the molecule is CCOC(C)CNS(=O)(=O)c1ccccc1C(=O)OC. The zero-order valence-electron chi connectivity index (χ0n) is 11.8. The molecule has 0 radical (unpaired) electrons. The molecule has 0 amide bonds. The second kappa shape index (κ2) is 7.37. The molecule has 1 aromatic carbocycles. The molecule has 1 aromatic rings. The summed E-state index contributed by atoms with van der Waals surface area (Å²) in [5.74, 6) is -0.691. The number of nitrogens with one attached hydrogen (secondary N) is 1. The summed E-state index contributed by atoms with van der Waals surface area (Å²) in [6.45, 7) is 4.23. The Morgan fingerprint density at radius 1 is 1.35 bits per heavy atom. The molecule has 1 N–H and O–H groups in total. The molecular weight excluding hydrogens is 282 g/mol. The smallest absolute Gasteiger partial charge is 0.339 e. The molecule has 6 nitrogen and oxygen atoms in total. The van der Waals surface area contributed by atoms with Gasteiger partial charge >= 0.3 is 5.97 Å². The van der Waals surface area contributed by atoms with Crippen LogP contribution in [0.15, 0.2) is 29.2 Å². The average molecular weight is 301 g/mol. The molecule has 1 atom stereocenters. The molecule has 0 saturated heterocycles. The average Bonchev–Trinajstić information content (AvgIpc) is 2.45. The molecule has 0 spiro atoms. The van der Waals surface area contributed by atoms with Crippen molar-refractivity contribution in [2.24, 2.45) is 0 Å². The largest absolute Gasteiger partial charge is 0.465 e. The molecule has 112 valence electrons. The number of esters is 1. The van der Waals surface area contributed by atoms with Crippen LogP contribution in [0, 0.1) is 0 Å². The number of hydrogen-bond acceptors (Lipinski definition) is 5. The van der Waals surface area contributed by atoms with Gasteiger partial charge in [-0.05, 0) is 26.0 Å². The lowest BCUT2D eigenvalue weighted by Gasteiger charge is -2.14. The fourth-order valence-corrected chi connectivity index (χ4v) is 2.94. The Bertz CT molecular complexity index is 556. The summed E-state index contributed by atoms with van der Waals surface area (Å²) in [7, 11) is -2.59. The summed E-state index contributed by atoms with van der Waals surface area (Å²) < 4.78 is 36.7. The molecule has 0 aliphatic carbocycles. The minimum Gasteiger partial charge on any atom is -0.465 e. The second-order valence-electron chi connectivity index (χ2n) is 4.11. The summed E-state index contributed by atoms with van der Waals surface area (Å²) in [6.07, 6.45) is -0.250. The normalized spacial score (nSPS) is 12.9. The molecule has 1 unspecified atom stereocenters. The Balaban J connectivity index is 2.95. The predicted molar refractivity (Wildman–Crippen MR) is 74.1 cm³/mol. The van der Waals surface area contributed by atoms with E-state index in [0.29, 0.717) is 6.61 Å². The monoisotopic (exact) mass is 301 g/mol. The van der Waals surface area contributed by atoms with Gasteiger partial charge in [0.2, 0.25) is 10.0 Å². The van der Waals surface area contributed by atoms with Crippen molar-refractivity contribution in [3.63, 3.8) is 0 Å². The number of benzene rings is 1. The first kappa shape index (κ1) is 16.6. The van der Waals surface area contributed by atoms with Crippen molar-refractivity contribution in [3.05, 3.63) is 29.8 Å². The number of carbonyl (C=O) groups is 1. The number of methoxy groups -OCH3 is 1. The molecule has 0 saturated carbocycles. The summed E-state index contributed by atoms with van der Waals surface area (Å²) in [6, 6.07) is 5.90. The van der Waals surface area contributed by atoms with Crippen LogP contribution in [0.1, 0.15) is 24.2 Å². The third kappa shape index (κ3) is 4.29. The van der Waals surface area contributed by atoms with Gasteiger partial charge in [-0.2, -0.15) is 0 Å². The lowest BCUT2D eigenvalue weighted by Crippen LogP contribution is -2.33. The molecule has 0 fully saturated rings. The van der Waals surface area contributed by atoms with E-state index in [1.807, 2.05) is 6.92 Å². The van der Waals surface area contributed by atoms with Crippen LogP contribution in [0.2, 0.25) is 0 Å². The van der Waals surface area contributed by atoms with Crippen molar-refractivity contribution in [1.29, 1.82) is 0 Å². The number of carbonyl (C=O) groups excluding carboxylic acids is 1.